The lowest BCUT2D eigenvalue weighted by Gasteiger charge is -2.36. The van der Waals surface area contributed by atoms with Crippen molar-refractivity contribution in [2.45, 2.75) is 39.3 Å². The van der Waals surface area contributed by atoms with Crippen LogP contribution in [0.25, 0.3) is 11.7 Å². The number of piperidine rings is 1. The number of hydrogen-bond donors (Lipinski definition) is 1. The van der Waals surface area contributed by atoms with Crippen molar-refractivity contribution >= 4 is 5.91 Å². The van der Waals surface area contributed by atoms with E-state index in [1.807, 2.05) is 13.0 Å². The maximum Gasteiger partial charge on any atom is 0.263 e. The van der Waals surface area contributed by atoms with Gasteiger partial charge in [0.05, 0.1) is 17.9 Å². The average Bonchev–Trinajstić information content (AvgIpc) is 3.11. The van der Waals surface area contributed by atoms with Gasteiger partial charge in [-0.1, -0.05) is 0 Å². The van der Waals surface area contributed by atoms with E-state index in [2.05, 4.69) is 16.8 Å². The number of hydrogen-bond acceptors (Lipinski definition) is 5. The number of aromatic nitrogens is 1. The molecule has 0 unspecified atom stereocenters. The number of carbonyl (C=O) groups is 1. The summed E-state index contributed by atoms with van der Waals surface area (Å²) in [6, 6.07) is 4.03. The fourth-order valence-electron chi connectivity index (χ4n) is 2.90. The van der Waals surface area contributed by atoms with Gasteiger partial charge < -0.3 is 14.6 Å². The molecule has 22 heavy (non-hydrogen) atoms. The van der Waals surface area contributed by atoms with Crippen LogP contribution in [0.1, 0.15) is 31.2 Å². The summed E-state index contributed by atoms with van der Waals surface area (Å²) in [7, 11) is 0. The minimum Gasteiger partial charge on any atom is -0.459 e. The van der Waals surface area contributed by atoms with E-state index in [-0.39, 0.29) is 11.8 Å². The highest BCUT2D eigenvalue weighted by atomic mass is 16.4. The van der Waals surface area contributed by atoms with E-state index in [0.717, 1.165) is 24.3 Å². The Bertz CT molecular complexity index is 648. The summed E-state index contributed by atoms with van der Waals surface area (Å²) in [5.74, 6) is 1.60. The van der Waals surface area contributed by atoms with E-state index in [4.69, 9.17) is 14.6 Å². The van der Waals surface area contributed by atoms with Crippen molar-refractivity contribution in [2.75, 3.05) is 6.54 Å². The topological polar surface area (TPSA) is 85.5 Å². The predicted octanol–water partition coefficient (Wildman–Crippen LogP) is 2.33. The molecule has 118 valence electrons. The molecule has 0 saturated carbocycles. The van der Waals surface area contributed by atoms with Crippen LogP contribution in [0.2, 0.25) is 0 Å². The van der Waals surface area contributed by atoms with E-state index < -0.39 is 0 Å². The molecular formula is C16H21N3O3. The Kier molecular flexibility index (Phi) is 4.02. The zero-order valence-electron chi connectivity index (χ0n) is 12.9. The number of likely N-dealkylation sites (tertiary alicyclic amines) is 1. The molecule has 3 heterocycles. The molecule has 0 radical (unpaired) electrons. The third kappa shape index (κ3) is 2.92. The zero-order chi connectivity index (χ0) is 15.7. The van der Waals surface area contributed by atoms with Crippen LogP contribution < -0.4 is 5.73 Å². The molecule has 1 fully saturated rings. The van der Waals surface area contributed by atoms with Gasteiger partial charge in [0, 0.05) is 19.1 Å². The van der Waals surface area contributed by atoms with E-state index in [0.29, 0.717) is 30.8 Å². The van der Waals surface area contributed by atoms with Gasteiger partial charge in [0.1, 0.15) is 5.76 Å². The first kappa shape index (κ1) is 14.8. The summed E-state index contributed by atoms with van der Waals surface area (Å²) >= 11 is 0. The lowest BCUT2D eigenvalue weighted by molar-refractivity contribution is -0.124. The van der Waals surface area contributed by atoms with Gasteiger partial charge in [0.25, 0.3) is 5.89 Å². The number of oxazole rings is 1. The zero-order valence-corrected chi connectivity index (χ0v) is 12.9. The molecule has 6 heteroatoms. The molecule has 2 aromatic rings. The Morgan fingerprint density at radius 1 is 1.50 bits per heavy atom. The van der Waals surface area contributed by atoms with Crippen LogP contribution >= 0.6 is 0 Å². The average molecular weight is 303 g/mol. The summed E-state index contributed by atoms with van der Waals surface area (Å²) in [6.07, 6.45) is 3.43. The van der Waals surface area contributed by atoms with Crippen molar-refractivity contribution in [3.63, 3.8) is 0 Å². The lowest BCUT2D eigenvalue weighted by Crippen LogP contribution is -2.45. The highest BCUT2D eigenvalue weighted by Gasteiger charge is 2.29. The maximum atomic E-state index is 11.4. The molecule has 1 aliphatic rings. The molecule has 2 N–H and O–H groups in total. The van der Waals surface area contributed by atoms with Gasteiger partial charge in [-0.2, -0.15) is 0 Å². The summed E-state index contributed by atoms with van der Waals surface area (Å²) in [5.41, 5.74) is 6.33. The van der Waals surface area contributed by atoms with E-state index in [9.17, 15) is 4.79 Å². The molecule has 2 atom stereocenters. The van der Waals surface area contributed by atoms with E-state index >= 15 is 0 Å². The van der Waals surface area contributed by atoms with Crippen molar-refractivity contribution in [1.82, 2.24) is 9.88 Å². The Labute approximate surface area is 129 Å². The molecule has 0 bridgehead atoms. The molecule has 0 aromatic carbocycles. The number of rotatable bonds is 4. The molecule has 0 aliphatic carbocycles. The fourth-order valence-corrected chi connectivity index (χ4v) is 2.90. The quantitative estimate of drug-likeness (QED) is 0.937. The van der Waals surface area contributed by atoms with Gasteiger partial charge in [0.15, 0.2) is 5.76 Å². The second-order valence-corrected chi connectivity index (χ2v) is 5.95. The first-order valence-electron chi connectivity index (χ1n) is 7.58. The van der Waals surface area contributed by atoms with E-state index in [1.165, 1.54) is 0 Å². The third-order valence-electron chi connectivity index (χ3n) is 4.39. The summed E-state index contributed by atoms with van der Waals surface area (Å²) in [6.45, 7) is 5.40. The van der Waals surface area contributed by atoms with Crippen LogP contribution in [0, 0.1) is 12.8 Å². The van der Waals surface area contributed by atoms with Gasteiger partial charge in [-0.25, -0.2) is 4.98 Å². The minimum absolute atomic E-state index is 0.0760. The number of aryl methyl sites for hydroxylation is 1. The standard InChI is InChI=1S/C16H21N3O3/c1-10-5-6-12(15(17)20)8-19(10)9-13-11(2)22-16(18-13)14-4-3-7-21-14/h3-4,7,10,12H,5-6,8-9H2,1-2H3,(H2,17,20)/t10-,12-/m0/s1. The minimum atomic E-state index is -0.218. The van der Waals surface area contributed by atoms with Crippen LogP contribution in [-0.4, -0.2) is 28.4 Å². The van der Waals surface area contributed by atoms with Crippen LogP contribution in [0.15, 0.2) is 27.2 Å². The van der Waals surface area contributed by atoms with Crippen LogP contribution in [0.4, 0.5) is 0 Å². The molecule has 1 amide bonds. The number of furan rings is 1. The number of nitrogens with zero attached hydrogens (tertiary/aromatic N) is 2. The van der Waals surface area contributed by atoms with Gasteiger partial charge in [-0.3, -0.25) is 9.69 Å². The summed E-state index contributed by atoms with van der Waals surface area (Å²) < 4.78 is 11.0. The van der Waals surface area contributed by atoms with Crippen LogP contribution in [-0.2, 0) is 11.3 Å². The Morgan fingerprint density at radius 2 is 2.32 bits per heavy atom. The normalized spacial score (nSPS) is 22.8. The highest BCUT2D eigenvalue weighted by molar-refractivity contribution is 5.77. The SMILES string of the molecule is Cc1oc(-c2ccco2)nc1CN1C[C@@H](C(N)=O)CC[C@@H]1C. The molecule has 1 saturated heterocycles. The molecule has 2 aromatic heterocycles. The van der Waals surface area contributed by atoms with Gasteiger partial charge in [-0.05, 0) is 38.8 Å². The Morgan fingerprint density at radius 3 is 3.00 bits per heavy atom. The second kappa shape index (κ2) is 5.96. The third-order valence-corrected chi connectivity index (χ3v) is 4.39. The molecule has 1 aliphatic heterocycles. The maximum absolute atomic E-state index is 11.4. The van der Waals surface area contributed by atoms with Crippen molar-refractivity contribution in [1.29, 1.82) is 0 Å². The molecular weight excluding hydrogens is 282 g/mol. The van der Waals surface area contributed by atoms with Crippen LogP contribution in [0.5, 0.6) is 0 Å². The van der Waals surface area contributed by atoms with Gasteiger partial charge >= 0.3 is 0 Å². The predicted molar refractivity (Wildman–Crippen MR) is 80.7 cm³/mol. The second-order valence-electron chi connectivity index (χ2n) is 5.95. The van der Waals surface area contributed by atoms with Crippen molar-refractivity contribution in [2.24, 2.45) is 11.7 Å². The molecule has 0 spiro atoms. The van der Waals surface area contributed by atoms with Crippen LogP contribution in [0.3, 0.4) is 0 Å². The summed E-state index contributed by atoms with van der Waals surface area (Å²) in [4.78, 5) is 18.2. The highest BCUT2D eigenvalue weighted by Crippen LogP contribution is 2.26. The first-order valence-corrected chi connectivity index (χ1v) is 7.58. The molecule has 6 nitrogen and oxygen atoms in total. The number of nitrogens with two attached hydrogens (primary N) is 1. The van der Waals surface area contributed by atoms with E-state index in [1.54, 1.807) is 12.3 Å². The Hall–Kier alpha value is -2.08. The van der Waals surface area contributed by atoms with Crippen molar-refractivity contribution in [3.8, 4) is 11.7 Å². The number of amides is 1. The number of carbonyl (C=O) groups excluding carboxylic acids is 1. The van der Waals surface area contributed by atoms with Crippen molar-refractivity contribution in [3.05, 3.63) is 29.9 Å². The lowest BCUT2D eigenvalue weighted by atomic mass is 9.93. The first-order chi connectivity index (χ1) is 10.5. The summed E-state index contributed by atoms with van der Waals surface area (Å²) in [5, 5.41) is 0. The number of primary amides is 1. The fraction of sp³-hybridized carbons (Fsp3) is 0.500. The van der Waals surface area contributed by atoms with Gasteiger partial charge in [-0.15, -0.1) is 0 Å². The smallest absolute Gasteiger partial charge is 0.263 e. The Balaban J connectivity index is 1.76. The largest absolute Gasteiger partial charge is 0.459 e. The van der Waals surface area contributed by atoms with Gasteiger partial charge in [0.2, 0.25) is 5.91 Å². The van der Waals surface area contributed by atoms with Crippen molar-refractivity contribution < 1.29 is 13.6 Å². The monoisotopic (exact) mass is 303 g/mol. The molecule has 3 rings (SSSR count).